The Hall–Kier alpha value is -2.59. The van der Waals surface area contributed by atoms with Crippen molar-refractivity contribution < 1.29 is 4.79 Å². The number of fused-ring (bicyclic) bond motifs is 1. The highest BCUT2D eigenvalue weighted by Crippen LogP contribution is 2.23. The smallest absolute Gasteiger partial charge is 0.256 e. The van der Waals surface area contributed by atoms with Gasteiger partial charge in [-0.1, -0.05) is 29.8 Å². The van der Waals surface area contributed by atoms with Crippen LogP contribution in [-0.4, -0.2) is 15.7 Å². The van der Waals surface area contributed by atoms with E-state index in [2.05, 4.69) is 16.5 Å². The lowest BCUT2D eigenvalue weighted by Gasteiger charge is -2.10. The molecule has 1 heterocycles. The fourth-order valence-corrected chi connectivity index (χ4v) is 3.49. The van der Waals surface area contributed by atoms with Crippen molar-refractivity contribution in [2.75, 3.05) is 5.32 Å². The van der Waals surface area contributed by atoms with Crippen LogP contribution in [0, 0.1) is 0 Å². The van der Waals surface area contributed by atoms with Crippen molar-refractivity contribution in [2.45, 2.75) is 25.8 Å². The van der Waals surface area contributed by atoms with E-state index in [1.165, 1.54) is 17.5 Å². The maximum Gasteiger partial charge on any atom is 0.256 e. The summed E-state index contributed by atoms with van der Waals surface area (Å²) >= 11 is 6.04. The summed E-state index contributed by atoms with van der Waals surface area (Å²) in [5.41, 5.74) is 4.38. The zero-order valence-electron chi connectivity index (χ0n) is 13.7. The molecular weight excluding hydrogens is 334 g/mol. The van der Waals surface area contributed by atoms with Crippen LogP contribution < -0.4 is 5.32 Å². The Labute approximate surface area is 151 Å². The van der Waals surface area contributed by atoms with E-state index >= 15 is 0 Å². The minimum absolute atomic E-state index is 0.109. The lowest BCUT2D eigenvalue weighted by Crippen LogP contribution is -2.16. The Morgan fingerprint density at radius 3 is 2.88 bits per heavy atom. The number of carbonyl (C=O) groups is 1. The van der Waals surface area contributed by atoms with Crippen LogP contribution in [0.2, 0.25) is 5.02 Å². The number of anilines is 1. The number of nitrogens with one attached hydrogen (secondary N) is 1. The number of nitrogens with zero attached hydrogens (tertiary/aromatic N) is 2. The molecule has 0 aliphatic heterocycles. The molecule has 0 bridgehead atoms. The van der Waals surface area contributed by atoms with Crippen LogP contribution in [0.15, 0.2) is 54.7 Å². The van der Waals surface area contributed by atoms with E-state index in [4.69, 9.17) is 11.6 Å². The molecule has 25 heavy (non-hydrogen) atoms. The summed E-state index contributed by atoms with van der Waals surface area (Å²) in [6, 6.07) is 15.4. The van der Waals surface area contributed by atoms with Gasteiger partial charge in [0.25, 0.3) is 5.91 Å². The highest BCUT2D eigenvalue weighted by atomic mass is 35.5. The standard InChI is InChI=1S/C20H18ClN3O/c21-18-6-1-3-14(11-18)13-24-19(9-10-22-24)23-20(25)17-8-7-15-4-2-5-16(15)12-17/h1,3,6-12H,2,4-5,13H2,(H,23,25). The van der Waals surface area contributed by atoms with Gasteiger partial charge in [0.2, 0.25) is 0 Å². The van der Waals surface area contributed by atoms with Gasteiger partial charge < -0.3 is 5.32 Å². The van der Waals surface area contributed by atoms with Crippen LogP contribution in [0.4, 0.5) is 5.82 Å². The Bertz CT molecular complexity index is 932. The van der Waals surface area contributed by atoms with Gasteiger partial charge in [-0.15, -0.1) is 0 Å². The number of carbonyl (C=O) groups excluding carboxylic acids is 1. The van der Waals surface area contributed by atoms with Crippen LogP contribution in [0.25, 0.3) is 0 Å². The molecule has 2 aromatic carbocycles. The topological polar surface area (TPSA) is 46.9 Å². The molecule has 0 radical (unpaired) electrons. The van der Waals surface area contributed by atoms with Crippen LogP contribution in [0.1, 0.15) is 33.5 Å². The number of aryl methyl sites for hydroxylation is 2. The number of hydrogen-bond donors (Lipinski definition) is 1. The van der Waals surface area contributed by atoms with E-state index in [0.717, 1.165) is 18.4 Å². The number of aromatic nitrogens is 2. The molecule has 126 valence electrons. The third-order valence-electron chi connectivity index (χ3n) is 4.54. The van der Waals surface area contributed by atoms with Gasteiger partial charge in [0.15, 0.2) is 0 Å². The van der Waals surface area contributed by atoms with E-state index in [1.807, 2.05) is 36.4 Å². The molecular formula is C20H18ClN3O. The van der Waals surface area contributed by atoms with Gasteiger partial charge in [0, 0.05) is 16.7 Å². The highest BCUT2D eigenvalue weighted by molar-refractivity contribution is 6.30. The Morgan fingerprint density at radius 2 is 2.00 bits per heavy atom. The van der Waals surface area contributed by atoms with Crippen LogP contribution in [0.3, 0.4) is 0 Å². The molecule has 4 nitrogen and oxygen atoms in total. The summed E-state index contributed by atoms with van der Waals surface area (Å²) < 4.78 is 1.76. The predicted octanol–water partition coefficient (Wildman–Crippen LogP) is 4.33. The summed E-state index contributed by atoms with van der Waals surface area (Å²) in [6.07, 6.45) is 5.03. The van der Waals surface area contributed by atoms with Gasteiger partial charge in [-0.25, -0.2) is 4.68 Å². The van der Waals surface area contributed by atoms with Gasteiger partial charge in [0.1, 0.15) is 5.82 Å². The summed E-state index contributed by atoms with van der Waals surface area (Å²) in [7, 11) is 0. The van der Waals surface area contributed by atoms with Crippen molar-refractivity contribution in [3.05, 3.63) is 82.0 Å². The molecule has 0 atom stereocenters. The third kappa shape index (κ3) is 3.44. The Balaban J connectivity index is 1.51. The Kier molecular flexibility index (Phi) is 4.28. The summed E-state index contributed by atoms with van der Waals surface area (Å²) in [6.45, 7) is 0.549. The molecule has 1 aliphatic rings. The molecule has 4 rings (SSSR count). The highest BCUT2D eigenvalue weighted by Gasteiger charge is 2.15. The van der Waals surface area contributed by atoms with E-state index in [0.29, 0.717) is 22.9 Å². The number of rotatable bonds is 4. The first-order chi connectivity index (χ1) is 12.2. The quantitative estimate of drug-likeness (QED) is 0.760. The lowest BCUT2D eigenvalue weighted by atomic mass is 10.1. The number of hydrogen-bond acceptors (Lipinski definition) is 2. The zero-order valence-corrected chi connectivity index (χ0v) is 14.5. The SMILES string of the molecule is O=C(Nc1ccnn1Cc1cccc(Cl)c1)c1ccc2c(c1)CCC2. The van der Waals surface area contributed by atoms with Crippen molar-refractivity contribution >= 4 is 23.3 Å². The molecule has 5 heteroatoms. The van der Waals surface area contributed by atoms with Crippen LogP contribution in [-0.2, 0) is 19.4 Å². The molecule has 3 aromatic rings. The first kappa shape index (κ1) is 15.9. The van der Waals surface area contributed by atoms with Gasteiger partial charge in [-0.05, 0) is 60.2 Å². The molecule has 0 fully saturated rings. The fourth-order valence-electron chi connectivity index (χ4n) is 3.27. The van der Waals surface area contributed by atoms with Crippen molar-refractivity contribution in [3.63, 3.8) is 0 Å². The molecule has 1 aliphatic carbocycles. The van der Waals surface area contributed by atoms with Gasteiger partial charge in [-0.3, -0.25) is 4.79 Å². The zero-order chi connectivity index (χ0) is 17.2. The third-order valence-corrected chi connectivity index (χ3v) is 4.78. The van der Waals surface area contributed by atoms with Crippen LogP contribution >= 0.6 is 11.6 Å². The molecule has 1 aromatic heterocycles. The maximum absolute atomic E-state index is 12.6. The van der Waals surface area contributed by atoms with Gasteiger partial charge in [0.05, 0.1) is 12.7 Å². The molecule has 0 unspecified atom stereocenters. The second-order valence-electron chi connectivity index (χ2n) is 6.30. The first-order valence-electron chi connectivity index (χ1n) is 8.38. The van der Waals surface area contributed by atoms with E-state index in [-0.39, 0.29) is 5.91 Å². The Morgan fingerprint density at radius 1 is 1.12 bits per heavy atom. The van der Waals surface area contributed by atoms with E-state index in [9.17, 15) is 4.79 Å². The predicted molar refractivity (Wildman–Crippen MR) is 99.2 cm³/mol. The molecule has 0 saturated carbocycles. The van der Waals surface area contributed by atoms with Gasteiger partial charge >= 0.3 is 0 Å². The van der Waals surface area contributed by atoms with E-state index < -0.39 is 0 Å². The molecule has 0 spiro atoms. The molecule has 1 N–H and O–H groups in total. The number of benzene rings is 2. The normalized spacial score (nSPS) is 12.8. The van der Waals surface area contributed by atoms with Crippen LogP contribution in [0.5, 0.6) is 0 Å². The summed E-state index contributed by atoms with van der Waals surface area (Å²) in [5, 5.41) is 7.95. The monoisotopic (exact) mass is 351 g/mol. The minimum Gasteiger partial charge on any atom is -0.307 e. The summed E-state index contributed by atoms with van der Waals surface area (Å²) in [4.78, 5) is 12.6. The second-order valence-corrected chi connectivity index (χ2v) is 6.73. The molecule has 0 saturated heterocycles. The van der Waals surface area contributed by atoms with Gasteiger partial charge in [-0.2, -0.15) is 5.10 Å². The minimum atomic E-state index is -0.109. The average molecular weight is 352 g/mol. The van der Waals surface area contributed by atoms with Crippen molar-refractivity contribution in [3.8, 4) is 0 Å². The largest absolute Gasteiger partial charge is 0.307 e. The fraction of sp³-hybridized carbons (Fsp3) is 0.200. The second kappa shape index (κ2) is 6.73. The number of halogens is 1. The van der Waals surface area contributed by atoms with Crippen molar-refractivity contribution in [1.29, 1.82) is 0 Å². The average Bonchev–Trinajstić information content (AvgIpc) is 3.23. The first-order valence-corrected chi connectivity index (χ1v) is 8.76. The molecule has 1 amide bonds. The van der Waals surface area contributed by atoms with Crippen molar-refractivity contribution in [1.82, 2.24) is 9.78 Å². The van der Waals surface area contributed by atoms with E-state index in [1.54, 1.807) is 16.9 Å². The summed E-state index contributed by atoms with van der Waals surface area (Å²) in [5.74, 6) is 0.563. The number of amides is 1. The van der Waals surface area contributed by atoms with Crippen molar-refractivity contribution in [2.24, 2.45) is 0 Å². The lowest BCUT2D eigenvalue weighted by molar-refractivity contribution is 0.102. The maximum atomic E-state index is 12.6.